The molecule has 7 rings (SSSR count). The molecule has 1 aliphatic carbocycles. The number of hydrogen-bond acceptors (Lipinski definition) is 10. The summed E-state index contributed by atoms with van der Waals surface area (Å²) in [5.74, 6) is -3.86. The highest BCUT2D eigenvalue weighted by molar-refractivity contribution is 5.93. The summed E-state index contributed by atoms with van der Waals surface area (Å²) in [6.07, 6.45) is -6.13. The number of halogens is 3. The van der Waals surface area contributed by atoms with Gasteiger partial charge in [0.1, 0.15) is 29.8 Å². The first-order chi connectivity index (χ1) is 24.1. The molecule has 4 fully saturated rings. The first-order valence-electron chi connectivity index (χ1n) is 16.0. The van der Waals surface area contributed by atoms with E-state index in [1.54, 1.807) is 24.3 Å². The number of benzene rings is 3. The van der Waals surface area contributed by atoms with Crippen LogP contribution in [0.25, 0.3) is 6.08 Å². The van der Waals surface area contributed by atoms with Crippen molar-refractivity contribution in [3.8, 4) is 0 Å². The number of ether oxygens (including phenoxy) is 4. The molecule has 3 heterocycles. The van der Waals surface area contributed by atoms with Gasteiger partial charge in [0.05, 0.1) is 13.2 Å². The smallest absolute Gasteiger partial charge is 0.422 e. The van der Waals surface area contributed by atoms with Crippen molar-refractivity contribution in [2.75, 3.05) is 19.8 Å². The number of hydroxylamine groups is 2. The fourth-order valence-corrected chi connectivity index (χ4v) is 7.39. The zero-order valence-corrected chi connectivity index (χ0v) is 26.5. The van der Waals surface area contributed by atoms with Crippen LogP contribution in [0.3, 0.4) is 0 Å². The predicted octanol–water partition coefficient (Wildman–Crippen LogP) is 3.40. The molecule has 1 amide bonds. The Morgan fingerprint density at radius 3 is 2.26 bits per heavy atom. The minimum absolute atomic E-state index is 0.0403. The van der Waals surface area contributed by atoms with Crippen LogP contribution < -0.4 is 5.32 Å². The fraction of sp³-hybridized carbons (Fsp3) is 0.361. The van der Waals surface area contributed by atoms with Gasteiger partial charge in [-0.15, -0.1) is 0 Å². The third kappa shape index (κ3) is 5.96. The van der Waals surface area contributed by atoms with Gasteiger partial charge in [-0.2, -0.15) is 18.2 Å². The Balaban J connectivity index is 1.25. The maximum absolute atomic E-state index is 14.2. The zero-order chi connectivity index (χ0) is 35.1. The molecule has 0 spiro atoms. The number of nitrogens with zero attached hydrogens (tertiary/aromatic N) is 1. The van der Waals surface area contributed by atoms with Crippen LogP contribution in [-0.2, 0) is 50.5 Å². The standard InChI is InChI=1S/C36H33F3N2O9/c37-35(38,39)21-46-27(43)16-15-22-9-7-8-10-23(22)20-41-30-32(44)47-26-19-34(30,33(45)40-17-18-42)31(50-41)29-28(26)48-36(49-29,24-11-3-1-4-12-24)25-13-5-2-6-14-25/h1-16,26,28-31,42H,17-21H2,(H,40,45). The van der Waals surface area contributed by atoms with E-state index in [0.29, 0.717) is 22.3 Å². The molecule has 3 aliphatic heterocycles. The molecule has 0 aromatic heterocycles. The van der Waals surface area contributed by atoms with E-state index in [-0.39, 0.29) is 26.1 Å². The second kappa shape index (κ2) is 13.3. The summed E-state index contributed by atoms with van der Waals surface area (Å²) < 4.78 is 61.6. The van der Waals surface area contributed by atoms with Crippen molar-refractivity contribution in [3.63, 3.8) is 0 Å². The highest BCUT2D eigenvalue weighted by Crippen LogP contribution is 2.59. The van der Waals surface area contributed by atoms with Gasteiger partial charge in [-0.05, 0) is 17.2 Å². The number of amides is 1. The molecular weight excluding hydrogens is 661 g/mol. The number of fused-ring (bicyclic) bond motifs is 4. The average molecular weight is 695 g/mol. The summed E-state index contributed by atoms with van der Waals surface area (Å²) >= 11 is 0. The van der Waals surface area contributed by atoms with Crippen molar-refractivity contribution >= 4 is 23.9 Å². The van der Waals surface area contributed by atoms with Crippen molar-refractivity contribution in [2.24, 2.45) is 5.41 Å². The van der Waals surface area contributed by atoms with Crippen LogP contribution in [0.15, 0.2) is 91.0 Å². The molecule has 0 radical (unpaired) electrons. The number of carbonyl (C=O) groups is 3. The van der Waals surface area contributed by atoms with Gasteiger partial charge in [0, 0.05) is 30.2 Å². The monoisotopic (exact) mass is 694 g/mol. The van der Waals surface area contributed by atoms with E-state index < -0.39 is 72.3 Å². The molecule has 3 saturated heterocycles. The van der Waals surface area contributed by atoms with Gasteiger partial charge in [0.2, 0.25) is 11.7 Å². The van der Waals surface area contributed by atoms with E-state index >= 15 is 0 Å². The van der Waals surface area contributed by atoms with Crippen LogP contribution in [0.4, 0.5) is 13.2 Å². The Labute approximate surface area is 284 Å². The topological polar surface area (TPSA) is 133 Å². The Bertz CT molecular complexity index is 1730. The van der Waals surface area contributed by atoms with Crippen molar-refractivity contribution in [1.29, 1.82) is 0 Å². The number of carbonyl (C=O) groups excluding carboxylic acids is 3. The van der Waals surface area contributed by atoms with Crippen LogP contribution in [0.2, 0.25) is 0 Å². The lowest BCUT2D eigenvalue weighted by atomic mass is 9.62. The molecule has 3 aromatic rings. The van der Waals surface area contributed by atoms with Gasteiger partial charge in [-0.3, -0.25) is 14.4 Å². The minimum atomic E-state index is -4.67. The summed E-state index contributed by atoms with van der Waals surface area (Å²) in [4.78, 5) is 46.7. The van der Waals surface area contributed by atoms with Gasteiger partial charge in [-0.25, -0.2) is 4.79 Å². The zero-order valence-electron chi connectivity index (χ0n) is 26.5. The quantitative estimate of drug-likeness (QED) is 0.241. The van der Waals surface area contributed by atoms with E-state index in [9.17, 15) is 32.7 Å². The SMILES string of the molecule is O=C(C=Cc1ccccc1CN1OC2C3OC(c4ccccc4)(c4ccccc4)OC3C3CC2(C(=O)NCCO)C1C(=O)O3)OCC(F)(F)F. The van der Waals surface area contributed by atoms with Crippen molar-refractivity contribution in [2.45, 2.75) is 55.4 Å². The molecule has 4 aliphatic rings. The molecule has 14 heteroatoms. The first-order valence-corrected chi connectivity index (χ1v) is 16.0. The fourth-order valence-electron chi connectivity index (χ4n) is 7.39. The van der Waals surface area contributed by atoms with E-state index in [4.69, 9.17) is 19.0 Å². The second-order valence-corrected chi connectivity index (χ2v) is 12.5. The second-order valence-electron chi connectivity index (χ2n) is 12.5. The molecular formula is C36H33F3N2O9. The number of aliphatic hydroxyl groups excluding tert-OH is 1. The Kier molecular flexibility index (Phi) is 8.99. The molecule has 11 nitrogen and oxygen atoms in total. The van der Waals surface area contributed by atoms with E-state index in [1.165, 1.54) is 11.1 Å². The maximum atomic E-state index is 14.2. The minimum Gasteiger partial charge on any atom is -0.458 e. The Hall–Kier alpha value is -4.60. The van der Waals surface area contributed by atoms with Crippen LogP contribution in [0, 0.1) is 5.41 Å². The lowest BCUT2D eigenvalue weighted by Gasteiger charge is -2.48. The molecule has 50 heavy (non-hydrogen) atoms. The van der Waals surface area contributed by atoms with E-state index in [1.807, 2.05) is 60.7 Å². The first kappa shape index (κ1) is 33.9. The number of alkyl halides is 3. The lowest BCUT2D eigenvalue weighted by molar-refractivity contribution is -0.213. The highest BCUT2D eigenvalue weighted by Gasteiger charge is 2.76. The van der Waals surface area contributed by atoms with Crippen LogP contribution >= 0.6 is 0 Å². The molecule has 2 bridgehead atoms. The van der Waals surface area contributed by atoms with Crippen molar-refractivity contribution < 1.29 is 56.4 Å². The third-order valence-corrected chi connectivity index (χ3v) is 9.44. The summed E-state index contributed by atoms with van der Waals surface area (Å²) in [5, 5.41) is 13.7. The molecule has 262 valence electrons. The van der Waals surface area contributed by atoms with Gasteiger partial charge >= 0.3 is 18.1 Å². The summed E-state index contributed by atoms with van der Waals surface area (Å²) in [6, 6.07) is 24.0. The Morgan fingerprint density at radius 1 is 0.960 bits per heavy atom. The molecule has 6 unspecified atom stereocenters. The van der Waals surface area contributed by atoms with E-state index in [2.05, 4.69) is 10.1 Å². The largest absolute Gasteiger partial charge is 0.458 e. The van der Waals surface area contributed by atoms with E-state index in [0.717, 1.165) is 6.08 Å². The number of aliphatic hydroxyl groups is 1. The number of esters is 2. The lowest BCUT2D eigenvalue weighted by Crippen LogP contribution is -2.69. The van der Waals surface area contributed by atoms with Gasteiger partial charge < -0.3 is 29.4 Å². The Morgan fingerprint density at radius 2 is 1.60 bits per heavy atom. The normalized spacial score (nSPS) is 28.2. The summed E-state index contributed by atoms with van der Waals surface area (Å²) in [5.41, 5.74) is 0.799. The average Bonchev–Trinajstić information content (AvgIpc) is 3.69. The van der Waals surface area contributed by atoms with Crippen LogP contribution in [0.5, 0.6) is 0 Å². The number of rotatable bonds is 10. The molecule has 3 aromatic carbocycles. The highest BCUT2D eigenvalue weighted by atomic mass is 19.4. The predicted molar refractivity (Wildman–Crippen MR) is 167 cm³/mol. The molecule has 6 atom stereocenters. The molecule has 1 saturated carbocycles. The van der Waals surface area contributed by atoms with Crippen LogP contribution in [0.1, 0.15) is 28.7 Å². The van der Waals surface area contributed by atoms with Gasteiger partial charge in [-0.1, -0.05) is 84.9 Å². The van der Waals surface area contributed by atoms with Gasteiger partial charge in [0.25, 0.3) is 0 Å². The number of hydrogen-bond donors (Lipinski definition) is 2. The van der Waals surface area contributed by atoms with Crippen molar-refractivity contribution in [3.05, 3.63) is 113 Å². The number of nitrogens with one attached hydrogen (secondary N) is 1. The van der Waals surface area contributed by atoms with Crippen molar-refractivity contribution in [1.82, 2.24) is 10.4 Å². The van der Waals surface area contributed by atoms with Gasteiger partial charge in [0.15, 0.2) is 12.6 Å². The third-order valence-electron chi connectivity index (χ3n) is 9.44. The summed E-state index contributed by atoms with van der Waals surface area (Å²) in [6.45, 7) is -2.22. The molecule has 2 N–H and O–H groups in total. The van der Waals surface area contributed by atoms with Crippen LogP contribution in [-0.4, -0.2) is 84.4 Å². The summed E-state index contributed by atoms with van der Waals surface area (Å²) in [7, 11) is 0. The maximum Gasteiger partial charge on any atom is 0.422 e.